The van der Waals surface area contributed by atoms with Crippen molar-refractivity contribution in [2.45, 2.75) is 39.7 Å². The third-order valence-corrected chi connectivity index (χ3v) is 6.55. The lowest BCUT2D eigenvalue weighted by Crippen LogP contribution is -2.47. The molecule has 6 nitrogen and oxygen atoms in total. The average molecular weight is 499 g/mol. The zero-order valence-corrected chi connectivity index (χ0v) is 22.8. The van der Waals surface area contributed by atoms with Crippen molar-refractivity contribution in [1.82, 2.24) is 14.8 Å². The molecule has 2 heterocycles. The zero-order valence-electron chi connectivity index (χ0n) is 22.8. The van der Waals surface area contributed by atoms with Crippen LogP contribution < -0.4 is 10.6 Å². The van der Waals surface area contributed by atoms with E-state index < -0.39 is 0 Å². The molecule has 0 bridgehead atoms. The second-order valence-corrected chi connectivity index (χ2v) is 9.65. The fourth-order valence-electron chi connectivity index (χ4n) is 4.29. The molecule has 6 heteroatoms. The SMILES string of the molecule is C=CNc1ccccc1C(CCC)Nc1ccc(C)cn1.Cc1ccc(C(=N)N2CCN(C)CC2)cc1. The van der Waals surface area contributed by atoms with Gasteiger partial charge in [-0.25, -0.2) is 4.98 Å². The average Bonchev–Trinajstić information content (AvgIpc) is 2.91. The molecule has 37 heavy (non-hydrogen) atoms. The summed E-state index contributed by atoms with van der Waals surface area (Å²) in [7, 11) is 2.13. The first-order valence-electron chi connectivity index (χ1n) is 13.2. The maximum absolute atomic E-state index is 8.17. The van der Waals surface area contributed by atoms with E-state index in [9.17, 15) is 0 Å². The van der Waals surface area contributed by atoms with Gasteiger partial charge in [-0.15, -0.1) is 0 Å². The molecule has 1 fully saturated rings. The van der Waals surface area contributed by atoms with Crippen LogP contribution in [0.15, 0.2) is 79.6 Å². The number of amidine groups is 1. The van der Waals surface area contributed by atoms with E-state index in [1.54, 1.807) is 6.20 Å². The first-order valence-corrected chi connectivity index (χ1v) is 13.2. The fraction of sp³-hybridized carbons (Fsp3) is 0.355. The van der Waals surface area contributed by atoms with Crippen LogP contribution in [0.2, 0.25) is 0 Å². The molecule has 0 aliphatic carbocycles. The monoisotopic (exact) mass is 498 g/mol. The number of hydrogen-bond donors (Lipinski definition) is 3. The Bertz CT molecular complexity index is 1120. The third kappa shape index (κ3) is 8.46. The highest BCUT2D eigenvalue weighted by atomic mass is 15.3. The molecular formula is C31H42N6. The minimum absolute atomic E-state index is 0.230. The zero-order chi connectivity index (χ0) is 26.6. The molecule has 0 spiro atoms. The maximum atomic E-state index is 8.17. The van der Waals surface area contributed by atoms with Crippen LogP contribution in [0.5, 0.6) is 0 Å². The van der Waals surface area contributed by atoms with E-state index in [0.29, 0.717) is 5.84 Å². The lowest BCUT2D eigenvalue weighted by molar-refractivity contribution is 0.215. The second kappa shape index (κ2) is 14.2. The number of benzene rings is 2. The molecule has 2 aromatic carbocycles. The summed E-state index contributed by atoms with van der Waals surface area (Å²) >= 11 is 0. The largest absolute Gasteiger partial charge is 0.363 e. The molecule has 4 rings (SSSR count). The summed E-state index contributed by atoms with van der Waals surface area (Å²) in [6.07, 6.45) is 5.75. The Morgan fingerprint density at radius 2 is 1.68 bits per heavy atom. The molecule has 3 N–H and O–H groups in total. The molecule has 3 aromatic rings. The standard InChI is InChI=1S/C18H23N3.C13H19N3/c1-4-8-17(21-18-12-11-14(3)13-20-18)15-9-6-7-10-16(15)19-5-2;1-11-3-5-12(6-4-11)13(14)16-9-7-15(2)8-10-16/h5-7,9-13,17,19H,2,4,8H2,1,3H3,(H,20,21);3-6,14H,7-10H2,1-2H3. The summed E-state index contributed by atoms with van der Waals surface area (Å²) in [5.41, 5.74) is 5.76. The van der Waals surface area contributed by atoms with Gasteiger partial charge in [0.2, 0.25) is 0 Å². The van der Waals surface area contributed by atoms with Crippen molar-refractivity contribution >= 4 is 17.3 Å². The molecule has 0 amide bonds. The van der Waals surface area contributed by atoms with E-state index in [-0.39, 0.29) is 6.04 Å². The van der Waals surface area contributed by atoms with E-state index >= 15 is 0 Å². The van der Waals surface area contributed by atoms with E-state index in [0.717, 1.165) is 56.1 Å². The van der Waals surface area contributed by atoms with Crippen LogP contribution >= 0.6 is 0 Å². The molecule has 1 aromatic heterocycles. The van der Waals surface area contributed by atoms with Gasteiger partial charge in [-0.05, 0) is 56.8 Å². The van der Waals surface area contributed by atoms with Crippen LogP contribution in [0.4, 0.5) is 11.5 Å². The normalized spacial score (nSPS) is 14.2. The van der Waals surface area contributed by atoms with Crippen molar-refractivity contribution in [1.29, 1.82) is 5.41 Å². The summed E-state index contributed by atoms with van der Waals surface area (Å²) in [5.74, 6) is 1.57. The van der Waals surface area contributed by atoms with Crippen LogP contribution in [-0.2, 0) is 0 Å². The summed E-state index contributed by atoms with van der Waals surface area (Å²) in [4.78, 5) is 8.91. The molecule has 1 aliphatic rings. The van der Waals surface area contributed by atoms with Gasteiger partial charge in [0.15, 0.2) is 0 Å². The fourth-order valence-corrected chi connectivity index (χ4v) is 4.29. The van der Waals surface area contributed by atoms with Crippen LogP contribution in [0.25, 0.3) is 0 Å². The van der Waals surface area contributed by atoms with Crippen LogP contribution in [0, 0.1) is 19.3 Å². The summed E-state index contributed by atoms with van der Waals surface area (Å²) in [6, 6.07) is 20.9. The molecule has 1 aliphatic heterocycles. The molecule has 1 unspecified atom stereocenters. The highest BCUT2D eigenvalue weighted by molar-refractivity contribution is 5.96. The minimum Gasteiger partial charge on any atom is -0.363 e. The van der Waals surface area contributed by atoms with E-state index in [2.05, 4.69) is 89.3 Å². The van der Waals surface area contributed by atoms with Gasteiger partial charge in [0, 0.05) is 43.6 Å². The van der Waals surface area contributed by atoms with Crippen LogP contribution in [0.1, 0.15) is 48.1 Å². The molecule has 196 valence electrons. The number of para-hydroxylation sites is 1. The van der Waals surface area contributed by atoms with Gasteiger partial charge >= 0.3 is 0 Å². The van der Waals surface area contributed by atoms with E-state index in [1.807, 2.05) is 37.4 Å². The van der Waals surface area contributed by atoms with Crippen LogP contribution in [0.3, 0.4) is 0 Å². The Kier molecular flexibility index (Phi) is 10.7. The number of rotatable bonds is 8. The predicted molar refractivity (Wildman–Crippen MR) is 158 cm³/mol. The predicted octanol–water partition coefficient (Wildman–Crippen LogP) is 6.47. The number of nitrogens with zero attached hydrogens (tertiary/aromatic N) is 3. The highest BCUT2D eigenvalue weighted by Crippen LogP contribution is 2.29. The van der Waals surface area contributed by atoms with Gasteiger partial charge in [0.05, 0.1) is 6.04 Å². The van der Waals surface area contributed by atoms with Crippen molar-refractivity contribution in [2.24, 2.45) is 0 Å². The minimum atomic E-state index is 0.230. The molecule has 0 radical (unpaired) electrons. The van der Waals surface area contributed by atoms with Gasteiger partial charge in [-0.2, -0.15) is 0 Å². The maximum Gasteiger partial charge on any atom is 0.128 e. The number of pyridine rings is 1. The summed E-state index contributed by atoms with van der Waals surface area (Å²) in [6.45, 7) is 14.1. The Balaban J connectivity index is 0.000000213. The Morgan fingerprint density at radius 3 is 2.30 bits per heavy atom. The van der Waals surface area contributed by atoms with Crippen LogP contribution in [-0.4, -0.2) is 53.8 Å². The van der Waals surface area contributed by atoms with Gasteiger partial charge in [0.25, 0.3) is 0 Å². The number of aromatic nitrogens is 1. The first-order chi connectivity index (χ1) is 17.9. The Morgan fingerprint density at radius 1 is 1.00 bits per heavy atom. The Labute approximate surface area is 222 Å². The molecular weight excluding hydrogens is 456 g/mol. The summed E-state index contributed by atoms with van der Waals surface area (Å²) < 4.78 is 0. The smallest absolute Gasteiger partial charge is 0.128 e. The van der Waals surface area contributed by atoms with Crippen molar-refractivity contribution in [3.8, 4) is 0 Å². The number of hydrogen-bond acceptors (Lipinski definition) is 5. The first kappa shape index (κ1) is 27.9. The van der Waals surface area contributed by atoms with Gasteiger partial charge in [-0.1, -0.05) is 74.0 Å². The van der Waals surface area contributed by atoms with Gasteiger partial charge in [-0.3, -0.25) is 5.41 Å². The third-order valence-electron chi connectivity index (χ3n) is 6.55. The topological polar surface area (TPSA) is 67.3 Å². The Hall–Kier alpha value is -3.64. The van der Waals surface area contributed by atoms with Crippen molar-refractivity contribution in [3.63, 3.8) is 0 Å². The highest BCUT2D eigenvalue weighted by Gasteiger charge is 2.17. The molecule has 1 atom stereocenters. The lowest BCUT2D eigenvalue weighted by Gasteiger charge is -2.34. The molecule has 0 saturated carbocycles. The van der Waals surface area contributed by atoms with Crippen molar-refractivity contribution in [3.05, 3.63) is 102 Å². The number of anilines is 2. The lowest BCUT2D eigenvalue weighted by atomic mass is 10.00. The van der Waals surface area contributed by atoms with Crippen molar-refractivity contribution < 1.29 is 0 Å². The summed E-state index contributed by atoms with van der Waals surface area (Å²) in [5, 5.41) is 14.9. The number of nitrogens with one attached hydrogen (secondary N) is 3. The second-order valence-electron chi connectivity index (χ2n) is 9.65. The van der Waals surface area contributed by atoms with Crippen molar-refractivity contribution in [2.75, 3.05) is 43.9 Å². The number of likely N-dealkylation sites (N-methyl/N-ethyl adjacent to an activating group) is 1. The van der Waals surface area contributed by atoms with Gasteiger partial charge in [0.1, 0.15) is 11.7 Å². The quantitative estimate of drug-likeness (QED) is 0.245. The number of piperazine rings is 1. The van der Waals surface area contributed by atoms with E-state index in [1.165, 1.54) is 16.7 Å². The van der Waals surface area contributed by atoms with Gasteiger partial charge < -0.3 is 20.4 Å². The molecule has 1 saturated heterocycles. The van der Waals surface area contributed by atoms with E-state index in [4.69, 9.17) is 5.41 Å². The number of aryl methyl sites for hydroxylation is 2.